The number of methoxy groups -OCH3 is 1. The lowest BCUT2D eigenvalue weighted by Crippen LogP contribution is -2.29. The molecule has 1 aliphatic carbocycles. The minimum atomic E-state index is -0.0929. The maximum atomic E-state index is 13.5. The van der Waals surface area contributed by atoms with Crippen LogP contribution in [-0.2, 0) is 6.54 Å². The largest absolute Gasteiger partial charge is 0.494 e. The molecule has 0 radical (unpaired) electrons. The number of likely N-dealkylation sites (N-methyl/N-ethyl adjacent to an activating group) is 2. The fourth-order valence-corrected chi connectivity index (χ4v) is 4.47. The number of nitrogens with two attached hydrogens (primary N) is 1. The number of nitrogens with zero attached hydrogens (tertiary/aromatic N) is 6. The van der Waals surface area contributed by atoms with Gasteiger partial charge in [-0.05, 0) is 51.1 Å². The molecule has 5 rings (SSSR count). The van der Waals surface area contributed by atoms with Crippen molar-refractivity contribution < 1.29 is 4.74 Å². The Hall–Kier alpha value is -4.05. The number of para-hydroxylation sites is 2. The van der Waals surface area contributed by atoms with E-state index in [1.165, 1.54) is 12.8 Å². The summed E-state index contributed by atoms with van der Waals surface area (Å²) in [6, 6.07) is 13.3. The van der Waals surface area contributed by atoms with Crippen molar-refractivity contribution in [3.05, 3.63) is 59.1 Å². The van der Waals surface area contributed by atoms with E-state index in [9.17, 15) is 4.79 Å². The van der Waals surface area contributed by atoms with Gasteiger partial charge in [-0.2, -0.15) is 4.98 Å². The van der Waals surface area contributed by atoms with Gasteiger partial charge in [0.25, 0.3) is 0 Å². The summed E-state index contributed by atoms with van der Waals surface area (Å²) >= 11 is 0. The summed E-state index contributed by atoms with van der Waals surface area (Å²) in [6.45, 7) is 2.45. The first-order chi connectivity index (χ1) is 17.9. The van der Waals surface area contributed by atoms with Crippen LogP contribution in [0.1, 0.15) is 12.8 Å². The number of benzene rings is 2. The van der Waals surface area contributed by atoms with E-state index in [1.807, 2.05) is 62.1 Å². The zero-order chi connectivity index (χ0) is 26.1. The molecule has 0 spiro atoms. The Morgan fingerprint density at radius 1 is 1.11 bits per heavy atom. The van der Waals surface area contributed by atoms with Gasteiger partial charge >= 0.3 is 5.69 Å². The number of nitrogen functional groups attached to an aromatic ring is 1. The number of fused-ring (bicyclic) bond motifs is 1. The average Bonchev–Trinajstić information content (AvgIpc) is 3.66. The zero-order valence-electron chi connectivity index (χ0n) is 21.8. The number of anilines is 4. The second-order valence-electron chi connectivity index (χ2n) is 9.86. The highest BCUT2D eigenvalue weighted by Gasteiger charge is 2.25. The first kappa shape index (κ1) is 24.6. The predicted octanol–water partition coefficient (Wildman–Crippen LogP) is 3.32. The molecular weight excluding hydrogens is 468 g/mol. The molecule has 2 aromatic carbocycles. The Morgan fingerprint density at radius 3 is 2.57 bits per heavy atom. The Bertz CT molecular complexity index is 1470. The number of hydrogen-bond donors (Lipinski definition) is 2. The van der Waals surface area contributed by atoms with Crippen LogP contribution in [-0.4, -0.2) is 65.3 Å². The summed E-state index contributed by atoms with van der Waals surface area (Å²) in [4.78, 5) is 26.8. The molecule has 10 heteroatoms. The Labute approximate surface area is 216 Å². The van der Waals surface area contributed by atoms with Gasteiger partial charge in [0, 0.05) is 45.0 Å². The lowest BCUT2D eigenvalue weighted by molar-refractivity contribution is 0.413. The van der Waals surface area contributed by atoms with Crippen LogP contribution in [0.25, 0.3) is 16.9 Å². The van der Waals surface area contributed by atoms with E-state index in [-0.39, 0.29) is 5.69 Å². The van der Waals surface area contributed by atoms with Crippen molar-refractivity contribution in [2.75, 3.05) is 57.3 Å². The second kappa shape index (κ2) is 10.1. The van der Waals surface area contributed by atoms with E-state index in [1.54, 1.807) is 23.9 Å². The smallest absolute Gasteiger partial charge is 0.334 e. The molecule has 0 bridgehead atoms. The van der Waals surface area contributed by atoms with Gasteiger partial charge in [-0.25, -0.2) is 14.3 Å². The fourth-order valence-electron chi connectivity index (χ4n) is 4.47. The van der Waals surface area contributed by atoms with E-state index >= 15 is 0 Å². The van der Waals surface area contributed by atoms with Gasteiger partial charge in [0.2, 0.25) is 5.95 Å². The number of imidazole rings is 1. The van der Waals surface area contributed by atoms with E-state index in [0.717, 1.165) is 36.4 Å². The zero-order valence-corrected chi connectivity index (χ0v) is 21.8. The first-order valence-corrected chi connectivity index (χ1v) is 12.5. The van der Waals surface area contributed by atoms with Gasteiger partial charge in [0.1, 0.15) is 11.6 Å². The molecule has 0 atom stereocenters. The number of aromatic nitrogens is 4. The Morgan fingerprint density at radius 2 is 1.86 bits per heavy atom. The molecule has 0 aliphatic heterocycles. The van der Waals surface area contributed by atoms with Crippen molar-refractivity contribution in [1.29, 1.82) is 0 Å². The van der Waals surface area contributed by atoms with Gasteiger partial charge < -0.3 is 25.6 Å². The van der Waals surface area contributed by atoms with Crippen molar-refractivity contribution in [3.63, 3.8) is 0 Å². The fraction of sp³-hybridized carbons (Fsp3) is 0.370. The molecule has 1 saturated carbocycles. The molecule has 10 nitrogen and oxygen atoms in total. The number of nitrogens with one attached hydrogen (secondary N) is 1. The minimum absolute atomic E-state index is 0.0929. The van der Waals surface area contributed by atoms with Crippen LogP contribution in [0.4, 0.5) is 23.0 Å². The Kier molecular flexibility index (Phi) is 6.75. The molecule has 2 heterocycles. The van der Waals surface area contributed by atoms with Gasteiger partial charge in [0.05, 0.1) is 35.2 Å². The number of rotatable bonds is 10. The van der Waals surface area contributed by atoms with Crippen molar-refractivity contribution in [3.8, 4) is 11.6 Å². The lowest BCUT2D eigenvalue weighted by Gasteiger charge is -2.24. The third-order valence-electron chi connectivity index (χ3n) is 6.73. The molecule has 1 fully saturated rings. The van der Waals surface area contributed by atoms with Crippen LogP contribution in [0.2, 0.25) is 0 Å². The summed E-state index contributed by atoms with van der Waals surface area (Å²) in [5.41, 5.74) is 10.2. The number of ether oxygens (including phenoxy) is 1. The van der Waals surface area contributed by atoms with Crippen molar-refractivity contribution >= 4 is 34.0 Å². The maximum Gasteiger partial charge on any atom is 0.334 e. The number of hydrogen-bond acceptors (Lipinski definition) is 8. The molecule has 3 N–H and O–H groups in total. The SMILES string of the molecule is COc1cc(N(C)CCN(C)C)c(N)cc1Nc1nccc(-n2c(=O)n(CC3CC3)c3ccccc32)n1. The van der Waals surface area contributed by atoms with Gasteiger partial charge in [0.15, 0.2) is 0 Å². The molecular formula is C27H34N8O2. The third-order valence-corrected chi connectivity index (χ3v) is 6.73. The molecule has 0 amide bonds. The van der Waals surface area contributed by atoms with Gasteiger partial charge in [-0.1, -0.05) is 12.1 Å². The van der Waals surface area contributed by atoms with E-state index in [0.29, 0.717) is 34.8 Å². The molecule has 4 aromatic rings. The molecule has 1 aliphatic rings. The van der Waals surface area contributed by atoms with Crippen LogP contribution in [0.3, 0.4) is 0 Å². The minimum Gasteiger partial charge on any atom is -0.494 e. The topological polar surface area (TPSA) is 106 Å². The van der Waals surface area contributed by atoms with Gasteiger partial charge in [-0.15, -0.1) is 0 Å². The molecule has 2 aromatic heterocycles. The monoisotopic (exact) mass is 502 g/mol. The van der Waals surface area contributed by atoms with Crippen LogP contribution in [0, 0.1) is 5.92 Å². The summed E-state index contributed by atoms with van der Waals surface area (Å²) in [5, 5.41) is 3.23. The van der Waals surface area contributed by atoms with Gasteiger partial charge in [-0.3, -0.25) is 4.57 Å². The van der Waals surface area contributed by atoms with Crippen LogP contribution < -0.4 is 26.4 Å². The third kappa shape index (κ3) is 5.10. The van der Waals surface area contributed by atoms with Crippen LogP contribution in [0.5, 0.6) is 5.75 Å². The van der Waals surface area contributed by atoms with Crippen molar-refractivity contribution in [2.45, 2.75) is 19.4 Å². The van der Waals surface area contributed by atoms with Crippen molar-refractivity contribution in [2.24, 2.45) is 5.92 Å². The highest BCUT2D eigenvalue weighted by molar-refractivity contribution is 5.80. The highest BCUT2D eigenvalue weighted by Crippen LogP contribution is 2.36. The molecule has 0 saturated heterocycles. The molecule has 194 valence electrons. The lowest BCUT2D eigenvalue weighted by atomic mass is 10.2. The van der Waals surface area contributed by atoms with E-state index < -0.39 is 0 Å². The molecule has 37 heavy (non-hydrogen) atoms. The van der Waals surface area contributed by atoms with E-state index in [4.69, 9.17) is 10.5 Å². The summed E-state index contributed by atoms with van der Waals surface area (Å²) in [5.74, 6) is 2.03. The average molecular weight is 503 g/mol. The normalized spacial score (nSPS) is 13.3. The maximum absolute atomic E-state index is 13.5. The quantitative estimate of drug-likeness (QED) is 0.318. The van der Waals surface area contributed by atoms with E-state index in [2.05, 4.69) is 25.1 Å². The van der Waals surface area contributed by atoms with Crippen LogP contribution >= 0.6 is 0 Å². The standard InChI is InChI=1S/C27H34N8O2/c1-32(2)13-14-33(3)23-16-24(37-4)20(15-19(23)28)30-26-29-12-11-25(31-26)35-22-8-6-5-7-21(22)34(27(35)36)17-18-9-10-18/h5-8,11-12,15-16,18H,9-10,13-14,17,28H2,1-4H3,(H,29,30,31). The summed E-state index contributed by atoms with van der Waals surface area (Å²) in [7, 11) is 7.70. The summed E-state index contributed by atoms with van der Waals surface area (Å²) < 4.78 is 9.17. The molecule has 0 unspecified atom stereocenters. The Balaban J connectivity index is 1.47. The highest BCUT2D eigenvalue weighted by atomic mass is 16.5. The first-order valence-electron chi connectivity index (χ1n) is 12.5. The second-order valence-corrected chi connectivity index (χ2v) is 9.86. The summed E-state index contributed by atoms with van der Waals surface area (Å²) in [6.07, 6.45) is 3.98. The van der Waals surface area contributed by atoms with Crippen LogP contribution in [0.15, 0.2) is 53.5 Å². The van der Waals surface area contributed by atoms with Crippen molar-refractivity contribution in [1.82, 2.24) is 24.0 Å². The predicted molar refractivity (Wildman–Crippen MR) is 148 cm³/mol.